The van der Waals surface area contributed by atoms with Crippen LogP contribution in [0.25, 0.3) is 10.4 Å². The molecule has 1 aromatic carbocycles. The molecule has 2 N–H and O–H groups in total. The SMILES string of the molecule is CN(Cc1ccc(-c2ccc(N3C[C@H](CO)OC3C=O)cc2F)s1)c1cnn[nH]1. The molecule has 1 unspecified atom stereocenters. The molecule has 3 heterocycles. The Labute approximate surface area is 170 Å². The molecule has 0 bridgehead atoms. The number of aromatic nitrogens is 3. The van der Waals surface area contributed by atoms with E-state index in [-0.39, 0.29) is 12.4 Å². The van der Waals surface area contributed by atoms with E-state index in [1.165, 1.54) is 17.4 Å². The fourth-order valence-electron chi connectivity index (χ4n) is 3.28. The molecule has 0 saturated carbocycles. The average molecular weight is 417 g/mol. The van der Waals surface area contributed by atoms with Gasteiger partial charge in [-0.15, -0.1) is 16.4 Å². The molecule has 3 aromatic rings. The van der Waals surface area contributed by atoms with Crippen molar-refractivity contribution >= 4 is 29.1 Å². The first-order chi connectivity index (χ1) is 14.1. The smallest absolute Gasteiger partial charge is 0.187 e. The largest absolute Gasteiger partial charge is 0.394 e. The number of halogens is 1. The molecule has 1 aliphatic rings. The van der Waals surface area contributed by atoms with Crippen LogP contribution in [0.15, 0.2) is 36.5 Å². The molecule has 29 heavy (non-hydrogen) atoms. The highest BCUT2D eigenvalue weighted by atomic mass is 32.1. The van der Waals surface area contributed by atoms with Gasteiger partial charge in [0.15, 0.2) is 12.5 Å². The van der Waals surface area contributed by atoms with E-state index in [9.17, 15) is 14.3 Å². The van der Waals surface area contributed by atoms with Gasteiger partial charge < -0.3 is 19.6 Å². The molecule has 2 aromatic heterocycles. The zero-order chi connectivity index (χ0) is 20.4. The van der Waals surface area contributed by atoms with Gasteiger partial charge in [0.05, 0.1) is 19.3 Å². The van der Waals surface area contributed by atoms with Crippen molar-refractivity contribution in [2.24, 2.45) is 0 Å². The minimum Gasteiger partial charge on any atom is -0.394 e. The Morgan fingerprint density at radius 2 is 2.31 bits per heavy atom. The fourth-order valence-corrected chi connectivity index (χ4v) is 4.37. The molecule has 1 fully saturated rings. The van der Waals surface area contributed by atoms with Crippen LogP contribution in [0.4, 0.5) is 15.9 Å². The summed E-state index contributed by atoms with van der Waals surface area (Å²) in [7, 11) is 1.92. The number of hydrogen-bond acceptors (Lipinski definition) is 8. The van der Waals surface area contributed by atoms with Crippen molar-refractivity contribution in [2.45, 2.75) is 18.9 Å². The first kappa shape index (κ1) is 19.5. The molecule has 8 nitrogen and oxygen atoms in total. The molecule has 4 rings (SSSR count). The predicted molar refractivity (Wildman–Crippen MR) is 107 cm³/mol. The summed E-state index contributed by atoms with van der Waals surface area (Å²) in [5, 5.41) is 19.5. The Kier molecular flexibility index (Phi) is 5.56. The van der Waals surface area contributed by atoms with Crippen molar-refractivity contribution in [3.05, 3.63) is 47.2 Å². The maximum atomic E-state index is 14.9. The third-order valence-corrected chi connectivity index (χ3v) is 5.88. The number of aliphatic hydroxyl groups excluding tert-OH is 1. The normalized spacial score (nSPS) is 18.9. The maximum Gasteiger partial charge on any atom is 0.187 e. The number of hydrogen-bond donors (Lipinski definition) is 2. The lowest BCUT2D eigenvalue weighted by Crippen LogP contribution is -2.31. The highest BCUT2D eigenvalue weighted by molar-refractivity contribution is 7.15. The number of aromatic amines is 1. The van der Waals surface area contributed by atoms with Gasteiger partial charge >= 0.3 is 0 Å². The van der Waals surface area contributed by atoms with Crippen LogP contribution < -0.4 is 9.80 Å². The van der Waals surface area contributed by atoms with Crippen LogP contribution in [0.3, 0.4) is 0 Å². The minimum atomic E-state index is -0.821. The molecule has 2 atom stereocenters. The Morgan fingerprint density at radius 3 is 3.00 bits per heavy atom. The number of benzene rings is 1. The number of rotatable bonds is 7. The summed E-state index contributed by atoms with van der Waals surface area (Å²) in [4.78, 5) is 16.8. The summed E-state index contributed by atoms with van der Waals surface area (Å²) in [5.41, 5.74) is 1.04. The lowest BCUT2D eigenvalue weighted by atomic mass is 10.1. The van der Waals surface area contributed by atoms with Crippen molar-refractivity contribution in [3.63, 3.8) is 0 Å². The molecular formula is C19H20FN5O3S. The summed E-state index contributed by atoms with van der Waals surface area (Å²) < 4.78 is 20.3. The van der Waals surface area contributed by atoms with Crippen LogP contribution in [0.1, 0.15) is 4.88 Å². The van der Waals surface area contributed by atoms with E-state index in [0.29, 0.717) is 30.6 Å². The number of nitrogens with one attached hydrogen (secondary N) is 1. The van der Waals surface area contributed by atoms with E-state index in [4.69, 9.17) is 4.74 Å². The van der Waals surface area contributed by atoms with E-state index in [1.54, 1.807) is 23.2 Å². The average Bonchev–Trinajstić information content (AvgIpc) is 3.47. The number of carbonyl (C=O) groups excluding carboxylic acids is 1. The van der Waals surface area contributed by atoms with Gasteiger partial charge in [0.25, 0.3) is 0 Å². The van der Waals surface area contributed by atoms with E-state index >= 15 is 0 Å². The molecule has 0 aliphatic carbocycles. The molecule has 1 aliphatic heterocycles. The quantitative estimate of drug-likeness (QED) is 0.568. The number of aliphatic hydroxyl groups is 1. The molecular weight excluding hydrogens is 397 g/mol. The minimum absolute atomic E-state index is 0.192. The van der Waals surface area contributed by atoms with Gasteiger partial charge in [-0.05, 0) is 30.3 Å². The fraction of sp³-hybridized carbons (Fsp3) is 0.316. The number of nitrogens with zero attached hydrogens (tertiary/aromatic N) is 4. The second kappa shape index (κ2) is 8.27. The Bertz CT molecular complexity index is 980. The van der Waals surface area contributed by atoms with Crippen LogP contribution in [-0.4, -0.2) is 59.3 Å². The van der Waals surface area contributed by atoms with Crippen molar-refractivity contribution in [1.82, 2.24) is 15.4 Å². The van der Waals surface area contributed by atoms with E-state index in [2.05, 4.69) is 15.4 Å². The zero-order valence-corrected chi connectivity index (χ0v) is 16.5. The molecule has 1 saturated heterocycles. The van der Waals surface area contributed by atoms with Gasteiger partial charge in [-0.25, -0.2) is 9.49 Å². The molecule has 0 radical (unpaired) electrons. The molecule has 152 valence electrons. The van der Waals surface area contributed by atoms with Crippen LogP contribution in [0.5, 0.6) is 0 Å². The number of anilines is 2. The van der Waals surface area contributed by atoms with E-state index in [1.807, 2.05) is 24.1 Å². The van der Waals surface area contributed by atoms with Crippen LogP contribution >= 0.6 is 11.3 Å². The van der Waals surface area contributed by atoms with Gasteiger partial charge in [-0.3, -0.25) is 4.79 Å². The first-order valence-corrected chi connectivity index (χ1v) is 9.84. The van der Waals surface area contributed by atoms with Gasteiger partial charge in [0.1, 0.15) is 17.7 Å². The first-order valence-electron chi connectivity index (χ1n) is 9.03. The lowest BCUT2D eigenvalue weighted by molar-refractivity contribution is -0.117. The van der Waals surface area contributed by atoms with Crippen molar-refractivity contribution in [1.29, 1.82) is 0 Å². The summed E-state index contributed by atoms with van der Waals surface area (Å²) in [6, 6.07) is 8.73. The second-order valence-corrected chi connectivity index (χ2v) is 7.92. The number of aldehydes is 1. The summed E-state index contributed by atoms with van der Waals surface area (Å²) in [5.74, 6) is 0.424. The van der Waals surface area contributed by atoms with Crippen LogP contribution in [0, 0.1) is 5.82 Å². The second-order valence-electron chi connectivity index (χ2n) is 6.75. The summed E-state index contributed by atoms with van der Waals surface area (Å²) >= 11 is 1.51. The van der Waals surface area contributed by atoms with Gasteiger partial charge in [-0.2, -0.15) is 0 Å². The number of H-pyrrole nitrogens is 1. The Balaban J connectivity index is 1.51. The van der Waals surface area contributed by atoms with Crippen LogP contribution in [-0.2, 0) is 16.1 Å². The Morgan fingerprint density at radius 1 is 1.45 bits per heavy atom. The predicted octanol–water partition coefficient (Wildman–Crippen LogP) is 2.03. The molecule has 10 heteroatoms. The van der Waals surface area contributed by atoms with E-state index < -0.39 is 12.3 Å². The monoisotopic (exact) mass is 417 g/mol. The zero-order valence-electron chi connectivity index (χ0n) is 15.7. The molecule has 0 spiro atoms. The van der Waals surface area contributed by atoms with Crippen molar-refractivity contribution in [2.75, 3.05) is 30.0 Å². The number of ether oxygens (including phenoxy) is 1. The lowest BCUT2D eigenvalue weighted by Gasteiger charge is -2.21. The topological polar surface area (TPSA) is 94.6 Å². The standard InChI is InChI=1S/C19H20FN5O3S/c1-24(18-7-21-23-22-18)9-14-3-5-17(29-14)15-4-2-12(6-16(15)20)25-8-13(10-26)28-19(25)11-27/h2-7,11,13,19,26H,8-10H2,1H3,(H,21,22,23)/t13-,19?/m1/s1. The van der Waals surface area contributed by atoms with E-state index in [0.717, 1.165) is 15.6 Å². The number of carbonyl (C=O) groups is 1. The van der Waals surface area contributed by atoms with Crippen molar-refractivity contribution in [3.8, 4) is 10.4 Å². The van der Waals surface area contributed by atoms with Gasteiger partial charge in [-0.1, -0.05) is 5.21 Å². The summed E-state index contributed by atoms with van der Waals surface area (Å²) in [6.45, 7) is 0.780. The highest BCUT2D eigenvalue weighted by Crippen LogP contribution is 2.34. The number of thiophene rings is 1. The third kappa shape index (κ3) is 4.00. The highest BCUT2D eigenvalue weighted by Gasteiger charge is 2.32. The maximum absolute atomic E-state index is 14.9. The van der Waals surface area contributed by atoms with Gasteiger partial charge in [0, 0.05) is 34.6 Å². The van der Waals surface area contributed by atoms with Crippen molar-refractivity contribution < 1.29 is 19.0 Å². The molecule has 0 amide bonds. The Hall–Kier alpha value is -2.82. The van der Waals surface area contributed by atoms with Gasteiger partial charge in [0.2, 0.25) is 0 Å². The third-order valence-electron chi connectivity index (χ3n) is 4.78. The summed E-state index contributed by atoms with van der Waals surface area (Å²) in [6.07, 6.45) is 1.01. The van der Waals surface area contributed by atoms with Crippen LogP contribution in [0.2, 0.25) is 0 Å².